The summed E-state index contributed by atoms with van der Waals surface area (Å²) < 4.78 is 39.0. The minimum atomic E-state index is -6.00. The van der Waals surface area contributed by atoms with Gasteiger partial charge in [-0.15, -0.1) is 0 Å². The Morgan fingerprint density at radius 3 is 1.58 bits per heavy atom. The van der Waals surface area contributed by atoms with Crippen LogP contribution in [0.4, 0.5) is 17.3 Å². The normalized spacial score (nSPS) is 18.8. The zero-order chi connectivity index (χ0) is 9.61. The fraction of sp³-hybridized carbons (Fsp3) is 1.00. The van der Waals surface area contributed by atoms with Gasteiger partial charge in [-0.2, -0.15) is 0 Å². The second kappa shape index (κ2) is 5.40. The highest BCUT2D eigenvalue weighted by Crippen LogP contribution is 2.06. The summed E-state index contributed by atoms with van der Waals surface area (Å²) in [5, 5.41) is 0. The van der Waals surface area contributed by atoms with Crippen LogP contribution in [0.5, 0.6) is 0 Å². The van der Waals surface area contributed by atoms with E-state index in [1.807, 2.05) is 0 Å². The molecule has 0 aromatic carbocycles. The summed E-state index contributed by atoms with van der Waals surface area (Å²) in [5.41, 5.74) is 0. The van der Waals surface area contributed by atoms with Crippen molar-refractivity contribution in [1.29, 1.82) is 0 Å². The van der Waals surface area contributed by atoms with E-state index < -0.39 is 7.25 Å². The van der Waals surface area contributed by atoms with Crippen molar-refractivity contribution in [3.8, 4) is 0 Å². The second-order valence-electron chi connectivity index (χ2n) is 2.81. The summed E-state index contributed by atoms with van der Waals surface area (Å²) in [4.78, 5) is 1.79. The van der Waals surface area contributed by atoms with Crippen molar-refractivity contribution in [1.82, 2.24) is 0 Å². The van der Waals surface area contributed by atoms with Crippen molar-refractivity contribution in [3.05, 3.63) is 0 Å². The van der Waals surface area contributed by atoms with Gasteiger partial charge in [0.15, 0.2) is 0 Å². The summed E-state index contributed by atoms with van der Waals surface area (Å²) in [6, 6.07) is 0. The standard InChI is InChI=1S/C6H13N.BF4/c1-2-7-5-3-4-6-7;2-1(3,4)5/h2-6H2,1H3;/q;-1/p+1. The molecule has 6 heteroatoms. The molecule has 1 aliphatic heterocycles. The molecule has 1 aliphatic rings. The molecule has 0 aromatic heterocycles. The molecule has 12 heavy (non-hydrogen) atoms. The summed E-state index contributed by atoms with van der Waals surface area (Å²) in [5.74, 6) is 0. The predicted octanol–water partition coefficient (Wildman–Crippen LogP) is 0.985. The highest BCUT2D eigenvalue weighted by molar-refractivity contribution is 6.50. The van der Waals surface area contributed by atoms with Crippen molar-refractivity contribution in [3.63, 3.8) is 0 Å². The molecule has 0 saturated carbocycles. The van der Waals surface area contributed by atoms with Crippen LogP contribution in [0.15, 0.2) is 0 Å². The lowest BCUT2D eigenvalue weighted by Crippen LogP contribution is -3.09. The van der Waals surface area contributed by atoms with Crippen LogP contribution in [0.25, 0.3) is 0 Å². The average Bonchev–Trinajstić information content (AvgIpc) is 2.33. The Balaban J connectivity index is 0.000000217. The number of nitrogens with one attached hydrogen (secondary N) is 1. The Morgan fingerprint density at radius 2 is 1.42 bits per heavy atom. The molecule has 0 radical (unpaired) electrons. The van der Waals surface area contributed by atoms with E-state index >= 15 is 0 Å². The molecular weight excluding hydrogens is 173 g/mol. The summed E-state index contributed by atoms with van der Waals surface area (Å²) in [7, 11) is -6.00. The molecule has 0 amide bonds. The van der Waals surface area contributed by atoms with E-state index in [1.54, 1.807) is 4.90 Å². The number of quaternary nitrogens is 1. The van der Waals surface area contributed by atoms with Crippen LogP contribution in [0.3, 0.4) is 0 Å². The fourth-order valence-corrected chi connectivity index (χ4v) is 1.23. The molecule has 1 fully saturated rings. The molecule has 0 bridgehead atoms. The van der Waals surface area contributed by atoms with Gasteiger partial charge in [0.05, 0.1) is 19.6 Å². The van der Waals surface area contributed by atoms with Crippen LogP contribution in [0, 0.1) is 0 Å². The number of rotatable bonds is 1. The Kier molecular flexibility index (Phi) is 5.29. The largest absolute Gasteiger partial charge is 0.673 e. The molecule has 0 atom stereocenters. The van der Waals surface area contributed by atoms with E-state index in [-0.39, 0.29) is 0 Å². The van der Waals surface area contributed by atoms with Crippen molar-refractivity contribution in [2.75, 3.05) is 19.6 Å². The third-order valence-electron chi connectivity index (χ3n) is 1.81. The molecular formula is C6H14BF4N. The van der Waals surface area contributed by atoms with Crippen molar-refractivity contribution >= 4 is 7.25 Å². The van der Waals surface area contributed by atoms with Crippen LogP contribution < -0.4 is 4.90 Å². The van der Waals surface area contributed by atoms with Crippen molar-refractivity contribution < 1.29 is 22.2 Å². The second-order valence-corrected chi connectivity index (χ2v) is 2.81. The maximum atomic E-state index is 9.75. The first-order chi connectivity index (χ1) is 5.43. The van der Waals surface area contributed by atoms with Crippen LogP contribution in [-0.4, -0.2) is 26.9 Å². The summed E-state index contributed by atoms with van der Waals surface area (Å²) >= 11 is 0. The van der Waals surface area contributed by atoms with Gasteiger partial charge in [0.2, 0.25) is 0 Å². The fourth-order valence-electron chi connectivity index (χ4n) is 1.23. The van der Waals surface area contributed by atoms with Gasteiger partial charge in [-0.25, -0.2) is 0 Å². The van der Waals surface area contributed by atoms with Gasteiger partial charge in [-0.1, -0.05) is 0 Å². The van der Waals surface area contributed by atoms with Gasteiger partial charge in [0.1, 0.15) is 0 Å². The van der Waals surface area contributed by atoms with E-state index in [1.165, 1.54) is 32.5 Å². The quantitative estimate of drug-likeness (QED) is 0.461. The zero-order valence-electron chi connectivity index (χ0n) is 7.12. The smallest absolute Gasteiger partial charge is 0.418 e. The predicted molar refractivity (Wildman–Crippen MR) is 40.7 cm³/mol. The molecule has 74 valence electrons. The van der Waals surface area contributed by atoms with Crippen molar-refractivity contribution in [2.24, 2.45) is 0 Å². The van der Waals surface area contributed by atoms with E-state index in [0.717, 1.165) is 0 Å². The molecule has 0 spiro atoms. The number of likely N-dealkylation sites (tertiary alicyclic amines) is 1. The average molecular weight is 187 g/mol. The first-order valence-corrected chi connectivity index (χ1v) is 4.14. The van der Waals surface area contributed by atoms with E-state index in [4.69, 9.17) is 0 Å². The van der Waals surface area contributed by atoms with Gasteiger partial charge in [0.25, 0.3) is 0 Å². The van der Waals surface area contributed by atoms with Crippen LogP contribution in [-0.2, 0) is 0 Å². The molecule has 1 N–H and O–H groups in total. The zero-order valence-corrected chi connectivity index (χ0v) is 7.12. The molecule has 0 aromatic rings. The molecule has 0 aliphatic carbocycles. The first kappa shape index (κ1) is 11.7. The first-order valence-electron chi connectivity index (χ1n) is 4.14. The SMILES string of the molecule is CC[NH+]1CCCC1.F[B-](F)(F)F. The number of hydrogen-bond donors (Lipinski definition) is 1. The Morgan fingerprint density at radius 1 is 1.08 bits per heavy atom. The molecule has 1 heterocycles. The van der Waals surface area contributed by atoms with Crippen LogP contribution >= 0.6 is 0 Å². The number of hydrogen-bond acceptors (Lipinski definition) is 0. The minimum Gasteiger partial charge on any atom is -0.418 e. The Hall–Kier alpha value is -0.255. The maximum absolute atomic E-state index is 9.75. The Bertz CT molecular complexity index is 105. The third-order valence-corrected chi connectivity index (χ3v) is 1.81. The molecule has 1 rings (SSSR count). The van der Waals surface area contributed by atoms with Crippen LogP contribution in [0.1, 0.15) is 19.8 Å². The lowest BCUT2D eigenvalue weighted by Gasteiger charge is -2.05. The van der Waals surface area contributed by atoms with Crippen LogP contribution in [0.2, 0.25) is 0 Å². The van der Waals surface area contributed by atoms with Gasteiger partial charge >= 0.3 is 7.25 Å². The van der Waals surface area contributed by atoms with Gasteiger partial charge < -0.3 is 22.2 Å². The molecule has 1 saturated heterocycles. The lowest BCUT2D eigenvalue weighted by atomic mass is 10.3. The third kappa shape index (κ3) is 9.74. The van der Waals surface area contributed by atoms with E-state index in [9.17, 15) is 17.3 Å². The molecule has 0 unspecified atom stereocenters. The van der Waals surface area contributed by atoms with E-state index in [0.29, 0.717) is 0 Å². The summed E-state index contributed by atoms with van der Waals surface area (Å²) in [6.45, 7) is 6.45. The highest BCUT2D eigenvalue weighted by Gasteiger charge is 2.20. The van der Waals surface area contributed by atoms with Gasteiger partial charge in [0, 0.05) is 12.8 Å². The minimum absolute atomic E-state index is 1.33. The summed E-state index contributed by atoms with van der Waals surface area (Å²) in [6.07, 6.45) is 2.92. The lowest BCUT2D eigenvalue weighted by molar-refractivity contribution is -0.885. The van der Waals surface area contributed by atoms with Crippen molar-refractivity contribution in [2.45, 2.75) is 19.8 Å². The maximum Gasteiger partial charge on any atom is 0.673 e. The van der Waals surface area contributed by atoms with E-state index in [2.05, 4.69) is 6.92 Å². The van der Waals surface area contributed by atoms with Gasteiger partial charge in [-0.05, 0) is 6.92 Å². The van der Waals surface area contributed by atoms with Gasteiger partial charge in [-0.3, -0.25) is 0 Å². The number of halogens is 4. The topological polar surface area (TPSA) is 4.44 Å². The monoisotopic (exact) mass is 187 g/mol. The molecule has 1 nitrogen and oxygen atoms in total. The highest BCUT2D eigenvalue weighted by atomic mass is 19.5. The Labute approximate surface area is 69.8 Å².